The number of fused-ring (bicyclic) bond motifs is 3. The first-order chi connectivity index (χ1) is 15.7. The Kier molecular flexibility index (Phi) is 5.35. The summed E-state index contributed by atoms with van der Waals surface area (Å²) in [6, 6.07) is 14.8. The fourth-order valence-corrected chi connectivity index (χ4v) is 6.00. The molecule has 0 bridgehead atoms. The van der Waals surface area contributed by atoms with Crippen molar-refractivity contribution in [2.45, 2.75) is 57.7 Å². The first kappa shape index (κ1) is 20.2. The number of nitrogens with zero attached hydrogens (tertiary/aromatic N) is 6. The Morgan fingerprint density at radius 1 is 0.906 bits per heavy atom. The van der Waals surface area contributed by atoms with Crippen LogP contribution in [-0.2, 0) is 13.1 Å². The Hall–Kier alpha value is -2.44. The molecule has 6 rings (SSSR count). The molecule has 4 aromatic rings. The minimum atomic E-state index is 0.557. The number of hydrogen-bond donors (Lipinski definition) is 0. The number of hydrogen-bond acceptors (Lipinski definition) is 4. The average molecular weight is 449 g/mol. The van der Waals surface area contributed by atoms with Crippen molar-refractivity contribution in [2.24, 2.45) is 5.92 Å². The summed E-state index contributed by atoms with van der Waals surface area (Å²) in [5.74, 6) is 1.77. The summed E-state index contributed by atoms with van der Waals surface area (Å²) in [5.41, 5.74) is 3.93. The van der Waals surface area contributed by atoms with Crippen molar-refractivity contribution in [1.82, 2.24) is 29.4 Å². The molecule has 32 heavy (non-hydrogen) atoms. The molecular weight excluding hydrogens is 420 g/mol. The lowest BCUT2D eigenvalue weighted by Gasteiger charge is -2.44. The van der Waals surface area contributed by atoms with Crippen LogP contribution in [-0.4, -0.2) is 48.6 Å². The van der Waals surface area contributed by atoms with E-state index in [2.05, 4.69) is 25.7 Å². The molecule has 0 aliphatic carbocycles. The second-order valence-electron chi connectivity index (χ2n) is 9.32. The Morgan fingerprint density at radius 2 is 1.72 bits per heavy atom. The van der Waals surface area contributed by atoms with Crippen molar-refractivity contribution in [3.8, 4) is 0 Å². The summed E-state index contributed by atoms with van der Waals surface area (Å²) >= 11 is 6.28. The third-order valence-electron chi connectivity index (χ3n) is 7.35. The Labute approximate surface area is 193 Å². The van der Waals surface area contributed by atoms with Crippen LogP contribution in [0.25, 0.3) is 22.1 Å². The van der Waals surface area contributed by atoms with Gasteiger partial charge in [-0.15, -0.1) is 0 Å². The highest BCUT2D eigenvalue weighted by Crippen LogP contribution is 2.33. The molecule has 6 nitrogen and oxygen atoms in total. The minimum Gasteiger partial charge on any atom is -0.326 e. The molecule has 2 aliphatic rings. The number of halogens is 1. The average Bonchev–Trinajstić information content (AvgIpc) is 3.37. The monoisotopic (exact) mass is 448 g/mol. The smallest absolute Gasteiger partial charge is 0.133 e. The van der Waals surface area contributed by atoms with E-state index in [0.29, 0.717) is 6.54 Å². The minimum absolute atomic E-state index is 0.557. The van der Waals surface area contributed by atoms with Crippen molar-refractivity contribution in [3.05, 3.63) is 53.3 Å². The lowest BCUT2D eigenvalue weighted by atomic mass is 9.81. The maximum absolute atomic E-state index is 6.28. The molecule has 4 heterocycles. The van der Waals surface area contributed by atoms with Gasteiger partial charge >= 0.3 is 0 Å². The van der Waals surface area contributed by atoms with E-state index in [0.717, 1.165) is 51.4 Å². The topological polar surface area (TPSA) is 51.8 Å². The van der Waals surface area contributed by atoms with Crippen molar-refractivity contribution in [2.75, 3.05) is 13.1 Å². The maximum Gasteiger partial charge on any atom is 0.133 e. The fourth-order valence-electron chi connectivity index (χ4n) is 5.83. The van der Waals surface area contributed by atoms with Crippen LogP contribution in [0.4, 0.5) is 0 Å². The lowest BCUT2D eigenvalue weighted by molar-refractivity contribution is 0.0539. The molecule has 0 saturated carbocycles. The molecule has 2 atom stereocenters. The molecule has 2 saturated heterocycles. The van der Waals surface area contributed by atoms with Gasteiger partial charge in [-0.3, -0.25) is 0 Å². The summed E-state index contributed by atoms with van der Waals surface area (Å²) < 4.78 is 2.38. The Balaban J connectivity index is 1.29. The van der Waals surface area contributed by atoms with Gasteiger partial charge < -0.3 is 9.47 Å². The molecule has 7 heteroatoms. The van der Waals surface area contributed by atoms with E-state index in [4.69, 9.17) is 16.6 Å². The van der Waals surface area contributed by atoms with E-state index in [1.807, 2.05) is 36.4 Å². The van der Waals surface area contributed by atoms with Crippen LogP contribution in [0.1, 0.15) is 44.3 Å². The van der Waals surface area contributed by atoms with Crippen LogP contribution in [0, 0.1) is 5.92 Å². The lowest BCUT2D eigenvalue weighted by Crippen LogP contribution is -2.48. The van der Waals surface area contributed by atoms with E-state index in [1.165, 1.54) is 51.6 Å². The first-order valence-corrected chi connectivity index (χ1v) is 12.3. The van der Waals surface area contributed by atoms with Crippen LogP contribution >= 0.6 is 11.6 Å². The van der Waals surface area contributed by atoms with Gasteiger partial charge in [0.2, 0.25) is 0 Å². The second kappa shape index (κ2) is 8.49. The molecule has 2 aromatic heterocycles. The quantitative estimate of drug-likeness (QED) is 0.424. The normalized spacial score (nSPS) is 21.9. The molecule has 166 valence electrons. The maximum atomic E-state index is 6.28. The van der Waals surface area contributed by atoms with Crippen LogP contribution < -0.4 is 0 Å². The first-order valence-electron chi connectivity index (χ1n) is 11.9. The molecule has 2 aliphatic heterocycles. The third-order valence-corrected chi connectivity index (χ3v) is 7.59. The van der Waals surface area contributed by atoms with Crippen molar-refractivity contribution in [3.63, 3.8) is 0 Å². The van der Waals surface area contributed by atoms with E-state index in [-0.39, 0.29) is 0 Å². The highest BCUT2D eigenvalue weighted by molar-refractivity contribution is 6.31. The van der Waals surface area contributed by atoms with Crippen LogP contribution in [0.15, 0.2) is 42.5 Å². The molecule has 0 spiro atoms. The van der Waals surface area contributed by atoms with Gasteiger partial charge in [0.25, 0.3) is 0 Å². The largest absolute Gasteiger partial charge is 0.326 e. The van der Waals surface area contributed by atoms with E-state index >= 15 is 0 Å². The molecule has 2 fully saturated rings. The number of piperidine rings is 2. The van der Waals surface area contributed by atoms with Gasteiger partial charge in [-0.05, 0) is 81.4 Å². The third kappa shape index (κ3) is 3.80. The summed E-state index contributed by atoms with van der Waals surface area (Å²) in [6.07, 6.45) is 7.98. The zero-order valence-electron chi connectivity index (χ0n) is 18.3. The number of aryl methyl sites for hydroxylation is 1. The standard InChI is InChI=1S/C25H29ClN6/c26-19-10-11-24-22(16-19)27-25(17-32-28-20-7-1-2-8-21(20)29-32)31(24)15-12-18-6-5-14-30-13-4-3-9-23(18)30/h1-2,7-8,10-11,16,18,23H,3-6,9,12-15,17H2/t18-,23+/m0/s1. The fraction of sp³-hybridized carbons (Fsp3) is 0.480. The van der Waals surface area contributed by atoms with Crippen LogP contribution in [0.2, 0.25) is 5.02 Å². The van der Waals surface area contributed by atoms with Gasteiger partial charge in [-0.1, -0.05) is 30.2 Å². The van der Waals surface area contributed by atoms with Crippen LogP contribution in [0.5, 0.6) is 0 Å². The summed E-state index contributed by atoms with van der Waals surface area (Å²) in [4.78, 5) is 9.48. The van der Waals surface area contributed by atoms with E-state index in [9.17, 15) is 0 Å². The van der Waals surface area contributed by atoms with Gasteiger partial charge in [0.15, 0.2) is 0 Å². The molecule has 0 N–H and O–H groups in total. The molecule has 0 unspecified atom stereocenters. The molecular formula is C25H29ClN6. The van der Waals surface area contributed by atoms with Gasteiger partial charge in [-0.25, -0.2) is 4.98 Å². The molecule has 0 radical (unpaired) electrons. The van der Waals surface area contributed by atoms with E-state index in [1.54, 1.807) is 4.80 Å². The van der Waals surface area contributed by atoms with Crippen LogP contribution in [0.3, 0.4) is 0 Å². The summed E-state index contributed by atoms with van der Waals surface area (Å²) in [7, 11) is 0. The number of imidazole rings is 1. The number of rotatable bonds is 5. The van der Waals surface area contributed by atoms with Gasteiger partial charge in [0.05, 0.1) is 11.0 Å². The van der Waals surface area contributed by atoms with Gasteiger partial charge in [-0.2, -0.15) is 15.0 Å². The highest BCUT2D eigenvalue weighted by atomic mass is 35.5. The van der Waals surface area contributed by atoms with Crippen molar-refractivity contribution < 1.29 is 0 Å². The highest BCUT2D eigenvalue weighted by Gasteiger charge is 2.32. The Bertz CT molecular complexity index is 1210. The SMILES string of the molecule is Clc1ccc2c(c1)nc(Cn1nc3ccccc3n1)n2CC[C@@H]1CCCN2CCCC[C@H]12. The molecule has 0 amide bonds. The van der Waals surface area contributed by atoms with Gasteiger partial charge in [0, 0.05) is 17.6 Å². The van der Waals surface area contributed by atoms with Crippen molar-refractivity contribution in [1.29, 1.82) is 0 Å². The predicted octanol–water partition coefficient (Wildman–Crippen LogP) is 5.14. The second-order valence-corrected chi connectivity index (χ2v) is 9.76. The van der Waals surface area contributed by atoms with Crippen molar-refractivity contribution >= 4 is 33.7 Å². The van der Waals surface area contributed by atoms with E-state index < -0.39 is 0 Å². The Morgan fingerprint density at radius 3 is 2.56 bits per heavy atom. The summed E-state index contributed by atoms with van der Waals surface area (Å²) in [5, 5.41) is 10.0. The zero-order valence-corrected chi connectivity index (χ0v) is 19.1. The van der Waals surface area contributed by atoms with Gasteiger partial charge in [0.1, 0.15) is 23.4 Å². The number of benzene rings is 2. The number of aromatic nitrogens is 5. The summed E-state index contributed by atoms with van der Waals surface area (Å²) in [6.45, 7) is 4.11. The molecule has 2 aromatic carbocycles. The zero-order chi connectivity index (χ0) is 21.5. The predicted molar refractivity (Wildman–Crippen MR) is 128 cm³/mol.